The van der Waals surface area contributed by atoms with Crippen LogP contribution in [0.2, 0.25) is 0 Å². The molecule has 1 heterocycles. The summed E-state index contributed by atoms with van der Waals surface area (Å²) < 4.78 is 27.0. The molecule has 0 bridgehead atoms. The van der Waals surface area contributed by atoms with E-state index in [-0.39, 0.29) is 12.0 Å². The van der Waals surface area contributed by atoms with Gasteiger partial charge in [0.2, 0.25) is 0 Å². The van der Waals surface area contributed by atoms with E-state index < -0.39 is 29.4 Å². The molecule has 6 nitrogen and oxygen atoms in total. The smallest absolute Gasteiger partial charge is 0.392 e. The highest BCUT2D eigenvalue weighted by Gasteiger charge is 2.40. The Hall–Kier alpha value is -2.55. The fourth-order valence-electron chi connectivity index (χ4n) is 4.69. The molecular weight excluding hydrogens is 464 g/mol. The minimum Gasteiger partial charge on any atom is -0.392 e. The van der Waals surface area contributed by atoms with Crippen LogP contribution in [0.25, 0.3) is 0 Å². The first-order valence-electron chi connectivity index (χ1n) is 12.5. The summed E-state index contributed by atoms with van der Waals surface area (Å²) in [7, 11) is 3.34. The molecule has 1 amide bonds. The number of rotatable bonds is 8. The Morgan fingerprint density at radius 2 is 1.89 bits per heavy atom. The van der Waals surface area contributed by atoms with E-state index in [9.17, 15) is 18.7 Å². The predicted octanol–water partition coefficient (Wildman–Crippen LogP) is 4.75. The molecule has 2 atom stereocenters. The van der Waals surface area contributed by atoms with Gasteiger partial charge >= 0.3 is 6.09 Å². The quantitative estimate of drug-likeness (QED) is 0.509. The summed E-state index contributed by atoms with van der Waals surface area (Å²) in [6.07, 6.45) is 1.11. The number of amides is 1. The highest BCUT2D eigenvalue weighted by atomic mass is 19.1. The lowest BCUT2D eigenvalue weighted by molar-refractivity contribution is -0.0771. The normalized spacial score (nSPS) is 19.4. The Bertz CT molecular complexity index is 1020. The number of hydrogen-bond donors (Lipinski definition) is 2. The van der Waals surface area contributed by atoms with Gasteiger partial charge in [-0.2, -0.15) is 0 Å². The molecule has 1 aliphatic rings. The summed E-state index contributed by atoms with van der Waals surface area (Å²) in [6.45, 7) is 7.73. The maximum atomic E-state index is 13.5. The van der Waals surface area contributed by atoms with E-state index in [0.29, 0.717) is 31.5 Å². The molecule has 0 saturated carbocycles. The van der Waals surface area contributed by atoms with Gasteiger partial charge < -0.3 is 20.2 Å². The summed E-state index contributed by atoms with van der Waals surface area (Å²) in [5.41, 5.74) is 2.13. The van der Waals surface area contributed by atoms with Crippen LogP contribution in [-0.2, 0) is 22.2 Å². The van der Waals surface area contributed by atoms with Crippen molar-refractivity contribution in [2.75, 3.05) is 33.7 Å². The third-order valence-electron chi connectivity index (χ3n) is 6.66. The van der Waals surface area contributed by atoms with Crippen LogP contribution in [0.15, 0.2) is 42.5 Å². The first kappa shape index (κ1) is 28.0. The molecule has 2 aromatic rings. The second-order valence-corrected chi connectivity index (χ2v) is 11.0. The molecule has 2 N–H and O–H groups in total. The largest absolute Gasteiger partial charge is 0.428 e. The van der Waals surface area contributed by atoms with E-state index in [1.165, 1.54) is 22.8 Å². The Morgan fingerprint density at radius 3 is 2.53 bits per heavy atom. The lowest BCUT2D eigenvalue weighted by Gasteiger charge is -2.44. The van der Waals surface area contributed by atoms with Crippen molar-refractivity contribution in [3.05, 3.63) is 70.8 Å². The molecule has 8 heteroatoms. The average Bonchev–Trinajstić information content (AvgIpc) is 2.80. The van der Waals surface area contributed by atoms with Crippen LogP contribution in [0, 0.1) is 11.6 Å². The highest BCUT2D eigenvalue weighted by molar-refractivity contribution is 5.67. The van der Waals surface area contributed by atoms with Crippen LogP contribution in [0.4, 0.5) is 13.6 Å². The van der Waals surface area contributed by atoms with Crippen molar-refractivity contribution in [1.29, 1.82) is 0 Å². The van der Waals surface area contributed by atoms with Crippen molar-refractivity contribution in [2.45, 2.75) is 63.5 Å². The molecule has 0 spiro atoms. The standard InChI is InChI=1S/C28H39F2N3O3/c1-27(2,3)21-8-6-9-22(16-21)28(12-7-13-33(19-28)26(35)36-32(4)5)31-18-25(34)11-10-20-14-23(29)17-24(30)15-20/h6,8-9,14-17,25,31,34H,7,10-13,18-19H2,1-5H3. The third-order valence-corrected chi connectivity index (χ3v) is 6.66. The molecule has 0 aliphatic carbocycles. The number of nitrogens with one attached hydrogen (secondary N) is 1. The number of hydroxylamine groups is 2. The summed E-state index contributed by atoms with van der Waals surface area (Å²) >= 11 is 0. The number of aliphatic hydroxyl groups excluding tert-OH is 1. The van der Waals surface area contributed by atoms with Gasteiger partial charge in [-0.15, -0.1) is 5.06 Å². The molecule has 2 aromatic carbocycles. The van der Waals surface area contributed by atoms with Crippen molar-refractivity contribution >= 4 is 6.09 Å². The van der Waals surface area contributed by atoms with Crippen molar-refractivity contribution in [2.24, 2.45) is 0 Å². The van der Waals surface area contributed by atoms with E-state index >= 15 is 0 Å². The minimum absolute atomic E-state index is 0.0465. The number of nitrogens with zero attached hydrogens (tertiary/aromatic N) is 2. The molecule has 1 aliphatic heterocycles. The number of carbonyl (C=O) groups excluding carboxylic acids is 1. The van der Waals surface area contributed by atoms with Crippen molar-refractivity contribution in [3.63, 3.8) is 0 Å². The molecule has 3 rings (SSSR count). The zero-order valence-electron chi connectivity index (χ0n) is 22.0. The molecule has 2 unspecified atom stereocenters. The van der Waals surface area contributed by atoms with Crippen molar-refractivity contribution in [3.8, 4) is 0 Å². The fourth-order valence-corrected chi connectivity index (χ4v) is 4.69. The van der Waals surface area contributed by atoms with Crippen LogP contribution in [0.5, 0.6) is 0 Å². The zero-order valence-corrected chi connectivity index (χ0v) is 22.0. The monoisotopic (exact) mass is 503 g/mol. The van der Waals surface area contributed by atoms with Gasteiger partial charge in [0.15, 0.2) is 0 Å². The van der Waals surface area contributed by atoms with Gasteiger partial charge in [0.25, 0.3) is 0 Å². The number of aryl methyl sites for hydroxylation is 1. The fraction of sp³-hybridized carbons (Fsp3) is 0.536. The molecule has 198 valence electrons. The molecular formula is C28H39F2N3O3. The highest BCUT2D eigenvalue weighted by Crippen LogP contribution is 2.35. The van der Waals surface area contributed by atoms with Gasteiger partial charge in [-0.25, -0.2) is 13.6 Å². The Balaban J connectivity index is 1.79. The van der Waals surface area contributed by atoms with Crippen LogP contribution < -0.4 is 5.32 Å². The van der Waals surface area contributed by atoms with Gasteiger partial charge in [-0.1, -0.05) is 45.0 Å². The summed E-state index contributed by atoms with van der Waals surface area (Å²) in [5.74, 6) is -1.25. The maximum Gasteiger partial charge on any atom is 0.428 e. The molecule has 1 saturated heterocycles. The second-order valence-electron chi connectivity index (χ2n) is 11.0. The van der Waals surface area contributed by atoms with Crippen LogP contribution in [-0.4, -0.2) is 61.0 Å². The zero-order chi connectivity index (χ0) is 26.5. The Labute approximate surface area is 213 Å². The summed E-state index contributed by atoms with van der Waals surface area (Å²) in [6, 6.07) is 11.8. The number of carbonyl (C=O) groups is 1. The van der Waals surface area contributed by atoms with Crippen molar-refractivity contribution in [1.82, 2.24) is 15.3 Å². The van der Waals surface area contributed by atoms with E-state index in [1.807, 2.05) is 6.07 Å². The Kier molecular flexibility index (Phi) is 9.08. The minimum atomic E-state index is -0.733. The summed E-state index contributed by atoms with van der Waals surface area (Å²) in [5, 5.41) is 15.7. The first-order chi connectivity index (χ1) is 16.9. The third kappa shape index (κ3) is 7.48. The second kappa shape index (κ2) is 11.7. The SMILES string of the molecule is CN(C)OC(=O)N1CCCC(NCC(O)CCc2cc(F)cc(F)c2)(c2cccc(C(C)(C)C)c2)C1. The maximum absolute atomic E-state index is 13.5. The predicted molar refractivity (Wildman–Crippen MR) is 136 cm³/mol. The van der Waals surface area contributed by atoms with Crippen LogP contribution in [0.3, 0.4) is 0 Å². The topological polar surface area (TPSA) is 65.0 Å². The van der Waals surface area contributed by atoms with E-state index in [0.717, 1.165) is 24.5 Å². The Morgan fingerprint density at radius 1 is 1.19 bits per heavy atom. The molecule has 0 radical (unpaired) electrons. The summed E-state index contributed by atoms with van der Waals surface area (Å²) in [4.78, 5) is 19.7. The first-order valence-corrected chi connectivity index (χ1v) is 12.5. The number of piperidine rings is 1. The molecule has 0 aromatic heterocycles. The van der Waals surface area contributed by atoms with Gasteiger partial charge in [0.1, 0.15) is 11.6 Å². The molecule has 1 fully saturated rings. The number of benzene rings is 2. The van der Waals surface area contributed by atoms with Crippen molar-refractivity contribution < 1.29 is 23.5 Å². The van der Waals surface area contributed by atoms with Crippen LogP contribution >= 0.6 is 0 Å². The number of hydrogen-bond acceptors (Lipinski definition) is 5. The number of aliphatic hydroxyl groups is 1. The van der Waals surface area contributed by atoms with Gasteiger partial charge in [-0.05, 0) is 59.9 Å². The van der Waals surface area contributed by atoms with Crippen LogP contribution in [0.1, 0.15) is 56.7 Å². The van der Waals surface area contributed by atoms with E-state index in [1.54, 1.807) is 19.0 Å². The van der Waals surface area contributed by atoms with Gasteiger partial charge in [-0.3, -0.25) is 0 Å². The molecule has 36 heavy (non-hydrogen) atoms. The van der Waals surface area contributed by atoms with E-state index in [2.05, 4.69) is 44.3 Å². The van der Waals surface area contributed by atoms with E-state index in [4.69, 9.17) is 4.84 Å². The lowest BCUT2D eigenvalue weighted by Crippen LogP contribution is -2.57. The average molecular weight is 504 g/mol. The number of halogens is 2. The van der Waals surface area contributed by atoms with Gasteiger partial charge in [0, 0.05) is 39.8 Å². The number of likely N-dealkylation sites (tertiary alicyclic amines) is 1. The lowest BCUT2D eigenvalue weighted by atomic mass is 9.78. The van der Waals surface area contributed by atoms with Gasteiger partial charge in [0.05, 0.1) is 11.6 Å².